The molecular formula is C10H20ClNO. The van der Waals surface area contributed by atoms with Gasteiger partial charge in [0.05, 0.1) is 11.7 Å². The molecular weight excluding hydrogens is 186 g/mol. The maximum atomic E-state index is 6.04. The van der Waals surface area contributed by atoms with E-state index in [2.05, 4.69) is 19.2 Å². The number of fused-ring (bicyclic) bond motifs is 1. The van der Waals surface area contributed by atoms with E-state index in [9.17, 15) is 0 Å². The van der Waals surface area contributed by atoms with Gasteiger partial charge in [-0.1, -0.05) is 0 Å². The molecule has 0 aromatic heterocycles. The predicted molar refractivity (Wildman–Crippen MR) is 56.4 cm³/mol. The second-order valence-electron chi connectivity index (χ2n) is 4.71. The normalized spacial score (nSPS) is 37.4. The van der Waals surface area contributed by atoms with Gasteiger partial charge in [0.25, 0.3) is 0 Å². The smallest absolute Gasteiger partial charge is 0.0634 e. The van der Waals surface area contributed by atoms with Crippen LogP contribution in [0.25, 0.3) is 0 Å². The first kappa shape index (κ1) is 11.3. The van der Waals surface area contributed by atoms with E-state index in [1.165, 1.54) is 25.8 Å². The monoisotopic (exact) mass is 205 g/mol. The van der Waals surface area contributed by atoms with Crippen molar-refractivity contribution < 1.29 is 4.74 Å². The molecule has 2 nitrogen and oxygen atoms in total. The molecule has 0 saturated carbocycles. The van der Waals surface area contributed by atoms with Gasteiger partial charge < -0.3 is 10.1 Å². The van der Waals surface area contributed by atoms with E-state index in [0.717, 1.165) is 12.5 Å². The Morgan fingerprint density at radius 1 is 1.31 bits per heavy atom. The topological polar surface area (TPSA) is 21.3 Å². The first-order valence-electron chi connectivity index (χ1n) is 5.06. The third kappa shape index (κ3) is 2.58. The van der Waals surface area contributed by atoms with Crippen molar-refractivity contribution >= 4 is 12.4 Å². The van der Waals surface area contributed by atoms with Gasteiger partial charge in [0.15, 0.2) is 0 Å². The predicted octanol–water partition coefficient (Wildman–Crippen LogP) is 1.98. The molecule has 2 aliphatic heterocycles. The summed E-state index contributed by atoms with van der Waals surface area (Å²) >= 11 is 0. The van der Waals surface area contributed by atoms with E-state index < -0.39 is 0 Å². The molecule has 78 valence electrons. The molecule has 0 aromatic carbocycles. The number of nitrogens with one attached hydrogen (secondary N) is 1. The van der Waals surface area contributed by atoms with Crippen LogP contribution >= 0.6 is 12.4 Å². The standard InChI is InChI=1S/C10H19NO.ClH/c1-10(2)5-3-8-7-11-6-4-9(8)12-10;/h8-9,11H,3-7H2,1-2H3;1H/t8-,9+;/m0./s1. The summed E-state index contributed by atoms with van der Waals surface area (Å²) in [6, 6.07) is 0. The Bertz CT molecular complexity index is 172. The Labute approximate surface area is 86.8 Å². The molecule has 2 rings (SSSR count). The molecule has 1 N–H and O–H groups in total. The molecule has 0 bridgehead atoms. The molecule has 0 amide bonds. The molecule has 2 saturated heterocycles. The lowest BCUT2D eigenvalue weighted by Crippen LogP contribution is -2.49. The van der Waals surface area contributed by atoms with Crippen LogP contribution in [0.2, 0.25) is 0 Å². The lowest BCUT2D eigenvalue weighted by atomic mass is 9.84. The summed E-state index contributed by atoms with van der Waals surface area (Å²) in [5.41, 5.74) is 0.137. The second-order valence-corrected chi connectivity index (χ2v) is 4.71. The minimum absolute atomic E-state index is 0. The summed E-state index contributed by atoms with van der Waals surface area (Å²) in [6.45, 7) is 6.73. The Hall–Kier alpha value is 0.210. The zero-order valence-electron chi connectivity index (χ0n) is 8.51. The van der Waals surface area contributed by atoms with E-state index in [4.69, 9.17) is 4.74 Å². The summed E-state index contributed by atoms with van der Waals surface area (Å²) in [5.74, 6) is 0.784. The van der Waals surface area contributed by atoms with Crippen molar-refractivity contribution in [1.82, 2.24) is 5.32 Å². The Morgan fingerprint density at radius 2 is 2.08 bits per heavy atom. The highest BCUT2D eigenvalue weighted by atomic mass is 35.5. The van der Waals surface area contributed by atoms with Crippen molar-refractivity contribution in [2.75, 3.05) is 13.1 Å². The number of hydrogen-bond acceptors (Lipinski definition) is 2. The molecule has 0 aromatic rings. The van der Waals surface area contributed by atoms with Gasteiger partial charge in [-0.15, -0.1) is 12.4 Å². The number of ether oxygens (including phenoxy) is 1. The van der Waals surface area contributed by atoms with Crippen LogP contribution in [0.3, 0.4) is 0 Å². The summed E-state index contributed by atoms with van der Waals surface area (Å²) < 4.78 is 6.04. The molecule has 2 atom stereocenters. The molecule has 2 aliphatic rings. The van der Waals surface area contributed by atoms with Crippen molar-refractivity contribution in [2.24, 2.45) is 5.92 Å². The van der Waals surface area contributed by atoms with Crippen LogP contribution < -0.4 is 5.32 Å². The Balaban J connectivity index is 0.000000845. The minimum atomic E-state index is 0. The SMILES string of the molecule is CC1(C)CC[C@H]2CNCC[C@H]2O1.Cl. The van der Waals surface area contributed by atoms with Crippen LogP contribution in [0.1, 0.15) is 33.1 Å². The average Bonchev–Trinajstić information content (AvgIpc) is 2.02. The fourth-order valence-electron chi connectivity index (χ4n) is 2.34. The summed E-state index contributed by atoms with van der Waals surface area (Å²) in [7, 11) is 0. The molecule has 0 aliphatic carbocycles. The van der Waals surface area contributed by atoms with E-state index >= 15 is 0 Å². The van der Waals surface area contributed by atoms with Gasteiger partial charge in [-0.25, -0.2) is 0 Å². The Kier molecular flexibility index (Phi) is 3.61. The number of hydrogen-bond donors (Lipinski definition) is 1. The van der Waals surface area contributed by atoms with Crippen molar-refractivity contribution in [3.8, 4) is 0 Å². The summed E-state index contributed by atoms with van der Waals surface area (Å²) in [6.07, 6.45) is 4.30. The van der Waals surface area contributed by atoms with Crippen LogP contribution in [-0.4, -0.2) is 24.8 Å². The quantitative estimate of drug-likeness (QED) is 0.653. The van der Waals surface area contributed by atoms with Crippen molar-refractivity contribution in [1.29, 1.82) is 0 Å². The summed E-state index contributed by atoms with van der Waals surface area (Å²) in [5, 5.41) is 3.43. The van der Waals surface area contributed by atoms with Crippen LogP contribution in [0.15, 0.2) is 0 Å². The highest BCUT2D eigenvalue weighted by Gasteiger charge is 2.36. The first-order valence-corrected chi connectivity index (χ1v) is 5.06. The van der Waals surface area contributed by atoms with E-state index in [-0.39, 0.29) is 18.0 Å². The molecule has 13 heavy (non-hydrogen) atoms. The van der Waals surface area contributed by atoms with Gasteiger partial charge in [0.2, 0.25) is 0 Å². The third-order valence-electron chi connectivity index (χ3n) is 3.13. The largest absolute Gasteiger partial charge is 0.372 e. The lowest BCUT2D eigenvalue weighted by molar-refractivity contribution is -0.142. The van der Waals surface area contributed by atoms with Crippen molar-refractivity contribution in [3.05, 3.63) is 0 Å². The first-order chi connectivity index (χ1) is 5.67. The maximum Gasteiger partial charge on any atom is 0.0634 e. The van der Waals surface area contributed by atoms with Crippen molar-refractivity contribution in [2.45, 2.75) is 44.8 Å². The molecule has 2 fully saturated rings. The molecule has 0 spiro atoms. The van der Waals surface area contributed by atoms with Gasteiger partial charge in [0, 0.05) is 6.54 Å². The van der Waals surface area contributed by atoms with Gasteiger partial charge >= 0.3 is 0 Å². The number of piperidine rings is 1. The summed E-state index contributed by atoms with van der Waals surface area (Å²) in [4.78, 5) is 0. The molecule has 0 unspecified atom stereocenters. The number of halogens is 1. The zero-order valence-corrected chi connectivity index (χ0v) is 9.32. The lowest BCUT2D eigenvalue weighted by Gasteiger charge is -2.43. The van der Waals surface area contributed by atoms with Crippen LogP contribution in [0.5, 0.6) is 0 Å². The average molecular weight is 206 g/mol. The fraction of sp³-hybridized carbons (Fsp3) is 1.00. The highest BCUT2D eigenvalue weighted by Crippen LogP contribution is 2.34. The van der Waals surface area contributed by atoms with Gasteiger partial charge in [0.1, 0.15) is 0 Å². The maximum absolute atomic E-state index is 6.04. The van der Waals surface area contributed by atoms with Crippen molar-refractivity contribution in [3.63, 3.8) is 0 Å². The van der Waals surface area contributed by atoms with Crippen LogP contribution in [0, 0.1) is 5.92 Å². The second kappa shape index (κ2) is 4.16. The van der Waals surface area contributed by atoms with Gasteiger partial charge in [-0.2, -0.15) is 0 Å². The molecule has 0 radical (unpaired) electrons. The van der Waals surface area contributed by atoms with E-state index in [1.54, 1.807) is 0 Å². The van der Waals surface area contributed by atoms with Gasteiger partial charge in [-0.05, 0) is 45.6 Å². The number of rotatable bonds is 0. The zero-order chi connectivity index (χ0) is 8.60. The third-order valence-corrected chi connectivity index (χ3v) is 3.13. The van der Waals surface area contributed by atoms with E-state index in [0.29, 0.717) is 6.10 Å². The van der Waals surface area contributed by atoms with Crippen LogP contribution in [0.4, 0.5) is 0 Å². The molecule has 2 heterocycles. The Morgan fingerprint density at radius 3 is 2.85 bits per heavy atom. The fourth-order valence-corrected chi connectivity index (χ4v) is 2.34. The highest BCUT2D eigenvalue weighted by molar-refractivity contribution is 5.85. The van der Waals surface area contributed by atoms with Gasteiger partial charge in [-0.3, -0.25) is 0 Å². The van der Waals surface area contributed by atoms with E-state index in [1.807, 2.05) is 0 Å². The molecule has 3 heteroatoms. The minimum Gasteiger partial charge on any atom is -0.372 e. The van der Waals surface area contributed by atoms with Crippen LogP contribution in [-0.2, 0) is 4.74 Å².